The van der Waals surface area contributed by atoms with Gasteiger partial charge in [-0.3, -0.25) is 4.90 Å². The Morgan fingerprint density at radius 3 is 2.41 bits per heavy atom. The molecule has 2 rings (SSSR count). The lowest BCUT2D eigenvalue weighted by Gasteiger charge is -2.26. The van der Waals surface area contributed by atoms with E-state index >= 15 is 0 Å². The maximum absolute atomic E-state index is 9.10. The Labute approximate surface area is 158 Å². The molecule has 1 aromatic carbocycles. The number of morpholine rings is 1. The number of hydrogen-bond donors (Lipinski definition) is 2. The van der Waals surface area contributed by atoms with E-state index in [9.17, 15) is 0 Å². The number of aliphatic carboxylic acids is 2. The lowest BCUT2D eigenvalue weighted by Crippen LogP contribution is -2.38. The molecule has 1 saturated heterocycles. The Kier molecular flexibility index (Phi) is 11.5. The van der Waals surface area contributed by atoms with Crippen LogP contribution in [0.4, 0.5) is 0 Å². The molecule has 0 saturated carbocycles. The molecule has 2 N–H and O–H groups in total. The van der Waals surface area contributed by atoms with Gasteiger partial charge in [-0.1, -0.05) is 24.3 Å². The zero-order chi connectivity index (χ0) is 19.9. The molecule has 0 aliphatic carbocycles. The first kappa shape index (κ1) is 22.6. The summed E-state index contributed by atoms with van der Waals surface area (Å²) in [5.74, 6) is -2.72. The first-order valence-corrected chi connectivity index (χ1v) is 8.70. The SMILES string of the molecule is C=CCc1ccccc1OCCOCCN1CCOCC1.O=C(O)C(=O)O. The van der Waals surface area contributed by atoms with Crippen molar-refractivity contribution < 1.29 is 34.0 Å². The van der Waals surface area contributed by atoms with Crippen molar-refractivity contribution in [2.45, 2.75) is 6.42 Å². The summed E-state index contributed by atoms with van der Waals surface area (Å²) in [6, 6.07) is 8.06. The van der Waals surface area contributed by atoms with Crippen molar-refractivity contribution >= 4 is 11.9 Å². The number of rotatable bonds is 9. The van der Waals surface area contributed by atoms with Gasteiger partial charge in [0.25, 0.3) is 0 Å². The molecule has 1 heterocycles. The third-order valence-electron chi connectivity index (χ3n) is 3.66. The first-order valence-electron chi connectivity index (χ1n) is 8.70. The highest BCUT2D eigenvalue weighted by Gasteiger charge is 2.09. The van der Waals surface area contributed by atoms with E-state index in [-0.39, 0.29) is 0 Å². The lowest BCUT2D eigenvalue weighted by atomic mass is 10.1. The van der Waals surface area contributed by atoms with Crippen LogP contribution in [0.15, 0.2) is 36.9 Å². The molecule has 1 aliphatic rings. The zero-order valence-electron chi connectivity index (χ0n) is 15.3. The molecule has 0 spiro atoms. The number of carboxylic acids is 2. The minimum atomic E-state index is -1.82. The van der Waals surface area contributed by atoms with Gasteiger partial charge in [0.2, 0.25) is 0 Å². The van der Waals surface area contributed by atoms with E-state index < -0.39 is 11.9 Å². The molecule has 0 aromatic heterocycles. The molecule has 8 nitrogen and oxygen atoms in total. The lowest BCUT2D eigenvalue weighted by molar-refractivity contribution is -0.159. The second kappa shape index (κ2) is 13.7. The smallest absolute Gasteiger partial charge is 0.414 e. The van der Waals surface area contributed by atoms with E-state index in [1.54, 1.807) is 0 Å². The van der Waals surface area contributed by atoms with Gasteiger partial charge in [-0.25, -0.2) is 9.59 Å². The summed E-state index contributed by atoms with van der Waals surface area (Å²) in [5, 5.41) is 14.8. The van der Waals surface area contributed by atoms with Crippen molar-refractivity contribution in [3.63, 3.8) is 0 Å². The van der Waals surface area contributed by atoms with Crippen LogP contribution >= 0.6 is 0 Å². The van der Waals surface area contributed by atoms with E-state index in [0.717, 1.165) is 51.6 Å². The Bertz CT molecular complexity index is 573. The first-order chi connectivity index (χ1) is 13.0. The Balaban J connectivity index is 0.000000527. The van der Waals surface area contributed by atoms with Gasteiger partial charge in [-0.15, -0.1) is 6.58 Å². The fraction of sp³-hybridized carbons (Fsp3) is 0.474. The Morgan fingerprint density at radius 2 is 1.78 bits per heavy atom. The fourth-order valence-corrected chi connectivity index (χ4v) is 2.30. The number of para-hydroxylation sites is 1. The van der Waals surface area contributed by atoms with Crippen LogP contribution in [0.2, 0.25) is 0 Å². The number of nitrogens with zero attached hydrogens (tertiary/aromatic N) is 1. The van der Waals surface area contributed by atoms with Crippen LogP contribution in [0, 0.1) is 0 Å². The van der Waals surface area contributed by atoms with Gasteiger partial charge in [-0.05, 0) is 18.1 Å². The number of carboxylic acid groups (broad SMARTS) is 2. The highest BCUT2D eigenvalue weighted by Crippen LogP contribution is 2.18. The van der Waals surface area contributed by atoms with Crippen LogP contribution in [-0.4, -0.2) is 79.7 Å². The largest absolute Gasteiger partial charge is 0.491 e. The summed E-state index contributed by atoms with van der Waals surface area (Å²) in [7, 11) is 0. The molecular weight excluding hydrogens is 354 g/mol. The summed E-state index contributed by atoms with van der Waals surface area (Å²) >= 11 is 0. The predicted octanol–water partition coefficient (Wildman–Crippen LogP) is 1.30. The van der Waals surface area contributed by atoms with E-state index in [2.05, 4.69) is 17.5 Å². The second-order valence-corrected chi connectivity index (χ2v) is 5.63. The summed E-state index contributed by atoms with van der Waals surface area (Å²) in [6.45, 7) is 10.4. The Morgan fingerprint density at radius 1 is 1.11 bits per heavy atom. The van der Waals surface area contributed by atoms with Gasteiger partial charge in [0.05, 0.1) is 26.4 Å². The molecule has 1 aromatic rings. The topological polar surface area (TPSA) is 106 Å². The number of ether oxygens (including phenoxy) is 3. The van der Waals surface area contributed by atoms with Crippen molar-refractivity contribution in [2.75, 3.05) is 52.7 Å². The van der Waals surface area contributed by atoms with Crippen LogP contribution in [0.3, 0.4) is 0 Å². The molecule has 8 heteroatoms. The van der Waals surface area contributed by atoms with E-state index in [0.29, 0.717) is 13.2 Å². The third kappa shape index (κ3) is 10.3. The minimum Gasteiger partial charge on any atom is -0.491 e. The Hall–Kier alpha value is -2.42. The maximum Gasteiger partial charge on any atom is 0.414 e. The van der Waals surface area contributed by atoms with Gasteiger partial charge in [0.15, 0.2) is 0 Å². The number of carbonyl (C=O) groups is 2. The predicted molar refractivity (Wildman–Crippen MR) is 99.2 cm³/mol. The average molecular weight is 381 g/mol. The molecule has 0 bridgehead atoms. The molecule has 0 atom stereocenters. The van der Waals surface area contributed by atoms with Crippen molar-refractivity contribution in [3.05, 3.63) is 42.5 Å². The molecule has 0 unspecified atom stereocenters. The summed E-state index contributed by atoms with van der Waals surface area (Å²) in [6.07, 6.45) is 2.72. The number of allylic oxidation sites excluding steroid dienone is 1. The monoisotopic (exact) mass is 381 g/mol. The van der Waals surface area contributed by atoms with E-state index in [1.807, 2.05) is 24.3 Å². The number of hydrogen-bond acceptors (Lipinski definition) is 6. The van der Waals surface area contributed by atoms with Gasteiger partial charge >= 0.3 is 11.9 Å². The summed E-state index contributed by atoms with van der Waals surface area (Å²) < 4.78 is 16.7. The highest BCUT2D eigenvalue weighted by atomic mass is 16.5. The van der Waals surface area contributed by atoms with Gasteiger partial charge < -0.3 is 24.4 Å². The van der Waals surface area contributed by atoms with E-state index in [4.69, 9.17) is 34.0 Å². The van der Waals surface area contributed by atoms with Crippen LogP contribution < -0.4 is 4.74 Å². The molecule has 0 amide bonds. The summed E-state index contributed by atoms with van der Waals surface area (Å²) in [5.41, 5.74) is 1.17. The molecule has 27 heavy (non-hydrogen) atoms. The third-order valence-corrected chi connectivity index (χ3v) is 3.66. The van der Waals surface area contributed by atoms with Gasteiger partial charge in [0.1, 0.15) is 12.4 Å². The van der Waals surface area contributed by atoms with Gasteiger partial charge in [0, 0.05) is 19.6 Å². The van der Waals surface area contributed by atoms with Crippen LogP contribution in [0.25, 0.3) is 0 Å². The minimum absolute atomic E-state index is 0.581. The summed E-state index contributed by atoms with van der Waals surface area (Å²) in [4.78, 5) is 20.6. The van der Waals surface area contributed by atoms with E-state index in [1.165, 1.54) is 5.56 Å². The maximum atomic E-state index is 9.10. The average Bonchev–Trinajstić information content (AvgIpc) is 2.67. The van der Waals surface area contributed by atoms with Gasteiger partial charge in [-0.2, -0.15) is 0 Å². The van der Waals surface area contributed by atoms with Crippen LogP contribution in [-0.2, 0) is 25.5 Å². The molecule has 1 fully saturated rings. The van der Waals surface area contributed by atoms with Crippen molar-refractivity contribution in [1.29, 1.82) is 0 Å². The van der Waals surface area contributed by atoms with Crippen LogP contribution in [0.1, 0.15) is 5.56 Å². The quantitative estimate of drug-likeness (QED) is 0.375. The highest BCUT2D eigenvalue weighted by molar-refractivity contribution is 6.27. The molecule has 150 valence electrons. The van der Waals surface area contributed by atoms with Crippen molar-refractivity contribution in [2.24, 2.45) is 0 Å². The normalized spacial score (nSPS) is 13.9. The second-order valence-electron chi connectivity index (χ2n) is 5.63. The standard InChI is InChI=1S/C17H25NO3.C2H2O4/c1-2-5-16-6-3-4-7-17(16)21-15-14-20-13-10-18-8-11-19-12-9-18;3-1(4)2(5)6/h2-4,6-7H,1,5,8-15H2;(H,3,4)(H,5,6). The number of benzene rings is 1. The van der Waals surface area contributed by atoms with Crippen molar-refractivity contribution in [1.82, 2.24) is 4.90 Å². The zero-order valence-corrected chi connectivity index (χ0v) is 15.3. The fourth-order valence-electron chi connectivity index (χ4n) is 2.30. The van der Waals surface area contributed by atoms with Crippen molar-refractivity contribution in [3.8, 4) is 5.75 Å². The molecule has 1 aliphatic heterocycles. The van der Waals surface area contributed by atoms with Crippen LogP contribution in [0.5, 0.6) is 5.75 Å². The molecular formula is C19H27NO7. The molecule has 0 radical (unpaired) electrons.